The SMILES string of the molecule is C=NC[Si](C)(C)OCC. The second kappa shape index (κ2) is 3.79. The quantitative estimate of drug-likeness (QED) is 0.433. The van der Waals surface area contributed by atoms with Crippen molar-refractivity contribution >= 4 is 15.0 Å². The van der Waals surface area contributed by atoms with Crippen molar-refractivity contribution in [3.63, 3.8) is 0 Å². The maximum Gasteiger partial charge on any atom is 0.207 e. The molecule has 0 N–H and O–H groups in total. The lowest BCUT2D eigenvalue weighted by molar-refractivity contribution is 0.330. The van der Waals surface area contributed by atoms with Crippen LogP contribution in [-0.4, -0.2) is 27.8 Å². The van der Waals surface area contributed by atoms with Crippen molar-refractivity contribution in [2.24, 2.45) is 4.99 Å². The van der Waals surface area contributed by atoms with Gasteiger partial charge in [0.1, 0.15) is 0 Å². The summed E-state index contributed by atoms with van der Waals surface area (Å²) in [6.07, 6.45) is 0.806. The van der Waals surface area contributed by atoms with E-state index in [4.69, 9.17) is 4.43 Å². The molecule has 0 aromatic heterocycles. The molecule has 0 rings (SSSR count). The van der Waals surface area contributed by atoms with Crippen LogP contribution in [0.1, 0.15) is 6.92 Å². The predicted octanol–water partition coefficient (Wildman–Crippen LogP) is 1.47. The van der Waals surface area contributed by atoms with Crippen molar-refractivity contribution in [3.8, 4) is 0 Å². The number of hydrogen-bond acceptors (Lipinski definition) is 2. The molecule has 0 fully saturated rings. The molecule has 0 saturated heterocycles. The van der Waals surface area contributed by atoms with E-state index in [1.807, 2.05) is 6.92 Å². The minimum atomic E-state index is -1.43. The van der Waals surface area contributed by atoms with Gasteiger partial charge in [0.2, 0.25) is 8.32 Å². The topological polar surface area (TPSA) is 21.6 Å². The van der Waals surface area contributed by atoms with Gasteiger partial charge in [0.15, 0.2) is 0 Å². The molecule has 0 atom stereocenters. The first-order valence-electron chi connectivity index (χ1n) is 3.19. The van der Waals surface area contributed by atoms with Crippen LogP contribution in [0.25, 0.3) is 0 Å². The van der Waals surface area contributed by atoms with E-state index >= 15 is 0 Å². The third-order valence-electron chi connectivity index (χ3n) is 1.03. The minimum absolute atomic E-state index is 0.800. The smallest absolute Gasteiger partial charge is 0.207 e. The van der Waals surface area contributed by atoms with Gasteiger partial charge in [-0.05, 0) is 26.7 Å². The van der Waals surface area contributed by atoms with Crippen molar-refractivity contribution in [1.29, 1.82) is 0 Å². The Kier molecular flexibility index (Phi) is 3.73. The van der Waals surface area contributed by atoms with Crippen LogP contribution in [0.3, 0.4) is 0 Å². The van der Waals surface area contributed by atoms with Gasteiger partial charge < -0.3 is 9.42 Å². The van der Waals surface area contributed by atoms with Crippen molar-refractivity contribution < 1.29 is 4.43 Å². The molecule has 0 aromatic carbocycles. The summed E-state index contributed by atoms with van der Waals surface area (Å²) in [4.78, 5) is 3.81. The highest BCUT2D eigenvalue weighted by Gasteiger charge is 2.19. The Hall–Kier alpha value is -0.153. The molecule has 0 spiro atoms. The zero-order valence-electron chi connectivity index (χ0n) is 6.48. The van der Waals surface area contributed by atoms with Crippen LogP contribution in [0.4, 0.5) is 0 Å². The largest absolute Gasteiger partial charge is 0.416 e. The summed E-state index contributed by atoms with van der Waals surface area (Å²) in [5.74, 6) is 0. The van der Waals surface area contributed by atoms with Crippen LogP contribution in [0.2, 0.25) is 13.1 Å². The first kappa shape index (κ1) is 8.85. The Morgan fingerprint density at radius 2 is 2.11 bits per heavy atom. The van der Waals surface area contributed by atoms with Crippen molar-refractivity contribution in [3.05, 3.63) is 0 Å². The summed E-state index contributed by atoms with van der Waals surface area (Å²) in [6, 6.07) is 0. The standard InChI is InChI=1S/C6H15NOSi/c1-5-8-9(3,4)6-7-2/h2,5-6H2,1,3-4H3. The van der Waals surface area contributed by atoms with Crippen molar-refractivity contribution in [2.75, 3.05) is 12.8 Å². The van der Waals surface area contributed by atoms with Crippen molar-refractivity contribution in [2.45, 2.75) is 20.0 Å². The second-order valence-corrected chi connectivity index (χ2v) is 6.70. The lowest BCUT2D eigenvalue weighted by Crippen LogP contribution is -2.34. The Bertz CT molecular complexity index is 93.1. The molecule has 54 valence electrons. The lowest BCUT2D eigenvalue weighted by atomic mass is 10.9. The maximum absolute atomic E-state index is 5.47. The summed E-state index contributed by atoms with van der Waals surface area (Å²) in [6.45, 7) is 10.5. The number of nitrogens with zero attached hydrogens (tertiary/aromatic N) is 1. The number of rotatable bonds is 4. The van der Waals surface area contributed by atoms with Crippen LogP contribution < -0.4 is 0 Å². The van der Waals surface area contributed by atoms with E-state index in [0.29, 0.717) is 0 Å². The Labute approximate surface area is 58.1 Å². The van der Waals surface area contributed by atoms with E-state index in [2.05, 4.69) is 24.8 Å². The molecular weight excluding hydrogens is 130 g/mol. The van der Waals surface area contributed by atoms with E-state index in [1.54, 1.807) is 0 Å². The van der Waals surface area contributed by atoms with Gasteiger partial charge in [0.05, 0.1) is 6.17 Å². The maximum atomic E-state index is 5.47. The monoisotopic (exact) mass is 145 g/mol. The average molecular weight is 145 g/mol. The van der Waals surface area contributed by atoms with Gasteiger partial charge in [0.25, 0.3) is 0 Å². The zero-order chi connectivity index (χ0) is 7.33. The molecule has 0 aromatic rings. The molecule has 0 heterocycles. The van der Waals surface area contributed by atoms with E-state index in [1.165, 1.54) is 0 Å². The molecule has 0 amide bonds. The van der Waals surface area contributed by atoms with Gasteiger partial charge in [-0.15, -0.1) is 0 Å². The molecule has 0 aliphatic heterocycles. The third-order valence-corrected chi connectivity index (χ3v) is 3.08. The van der Waals surface area contributed by atoms with Crippen LogP contribution in [0.15, 0.2) is 4.99 Å². The first-order valence-corrected chi connectivity index (χ1v) is 6.30. The summed E-state index contributed by atoms with van der Waals surface area (Å²) >= 11 is 0. The predicted molar refractivity (Wildman–Crippen MR) is 43.5 cm³/mol. The Morgan fingerprint density at radius 1 is 1.56 bits per heavy atom. The number of aliphatic imine (C=N–C) groups is 1. The van der Waals surface area contributed by atoms with E-state index in [9.17, 15) is 0 Å². The van der Waals surface area contributed by atoms with Crippen molar-refractivity contribution in [1.82, 2.24) is 0 Å². The van der Waals surface area contributed by atoms with Gasteiger partial charge in [0, 0.05) is 6.61 Å². The van der Waals surface area contributed by atoms with E-state index < -0.39 is 8.32 Å². The molecule has 0 saturated carbocycles. The molecular formula is C6H15NOSi. The highest BCUT2D eigenvalue weighted by Crippen LogP contribution is 2.02. The molecule has 0 radical (unpaired) electrons. The lowest BCUT2D eigenvalue weighted by Gasteiger charge is -2.18. The van der Waals surface area contributed by atoms with E-state index in [0.717, 1.165) is 12.8 Å². The molecule has 0 aliphatic rings. The van der Waals surface area contributed by atoms with Gasteiger partial charge in [-0.2, -0.15) is 0 Å². The van der Waals surface area contributed by atoms with Gasteiger partial charge in [-0.1, -0.05) is 0 Å². The van der Waals surface area contributed by atoms with Gasteiger partial charge >= 0.3 is 0 Å². The number of hydrogen-bond donors (Lipinski definition) is 0. The highest BCUT2D eigenvalue weighted by atomic mass is 28.4. The fourth-order valence-electron chi connectivity index (χ4n) is 0.706. The molecule has 9 heavy (non-hydrogen) atoms. The minimum Gasteiger partial charge on any atom is -0.416 e. The van der Waals surface area contributed by atoms with E-state index in [-0.39, 0.29) is 0 Å². The molecule has 0 unspecified atom stereocenters. The van der Waals surface area contributed by atoms with Crippen LogP contribution in [0, 0.1) is 0 Å². The van der Waals surface area contributed by atoms with Crippen LogP contribution in [0.5, 0.6) is 0 Å². The summed E-state index contributed by atoms with van der Waals surface area (Å²) in [7, 11) is -1.43. The molecule has 0 bridgehead atoms. The van der Waals surface area contributed by atoms with Crippen LogP contribution >= 0.6 is 0 Å². The highest BCUT2D eigenvalue weighted by molar-refractivity contribution is 6.71. The fraction of sp³-hybridized carbons (Fsp3) is 0.833. The van der Waals surface area contributed by atoms with Gasteiger partial charge in [-0.3, -0.25) is 0 Å². The zero-order valence-corrected chi connectivity index (χ0v) is 7.48. The summed E-state index contributed by atoms with van der Waals surface area (Å²) in [5, 5.41) is 0. The molecule has 0 aliphatic carbocycles. The van der Waals surface area contributed by atoms with Crippen LogP contribution in [-0.2, 0) is 4.43 Å². The first-order chi connectivity index (χ1) is 4.12. The Morgan fingerprint density at radius 3 is 2.44 bits per heavy atom. The third kappa shape index (κ3) is 4.36. The fourth-order valence-corrected chi connectivity index (χ4v) is 2.12. The second-order valence-electron chi connectivity index (χ2n) is 2.57. The van der Waals surface area contributed by atoms with Gasteiger partial charge in [-0.25, -0.2) is 0 Å². The average Bonchev–Trinajstić information content (AvgIpc) is 1.64. The molecule has 3 heteroatoms. The summed E-state index contributed by atoms with van der Waals surface area (Å²) < 4.78 is 5.47. The summed E-state index contributed by atoms with van der Waals surface area (Å²) in [5.41, 5.74) is 0. The normalized spacial score (nSPS) is 11.4. The Balaban J connectivity index is 3.55. The molecule has 2 nitrogen and oxygen atoms in total.